The van der Waals surface area contributed by atoms with Crippen molar-refractivity contribution in [3.8, 4) is 0 Å². The molecule has 446 valence electrons. The highest BCUT2D eigenvalue weighted by Crippen LogP contribution is 2.37. The Morgan fingerprint density at radius 3 is 0.989 bits per heavy atom. The van der Waals surface area contributed by atoms with Crippen LogP contribution >= 0.6 is 0 Å². The van der Waals surface area contributed by atoms with Crippen LogP contribution in [0.25, 0.3) is 0 Å². The molecule has 2 aliphatic rings. The lowest BCUT2D eigenvalue weighted by molar-refractivity contribution is -0.356. The molecule has 20 nitrogen and oxygen atoms in total. The van der Waals surface area contributed by atoms with E-state index in [1.165, 1.54) is 91.9 Å². The zero-order valence-electron chi connectivity index (χ0n) is 46.8. The topological polar surface area (TPSA) is 250 Å². The Hall–Kier alpha value is -10.1. The minimum Gasteiger partial charge on any atom is -0.459 e. The molecule has 2 saturated heterocycles. The van der Waals surface area contributed by atoms with Crippen LogP contribution in [0.3, 0.4) is 0 Å². The maximum absolute atomic E-state index is 14.7. The Morgan fingerprint density at radius 2 is 0.644 bits per heavy atom. The summed E-state index contributed by atoms with van der Waals surface area (Å²) in [6.45, 7) is 3.19. The number of nitrogens with one attached hydrogen (secondary N) is 1. The van der Waals surface area contributed by atoms with Gasteiger partial charge in [0.2, 0.25) is 5.91 Å². The molecule has 20 heteroatoms. The molecule has 0 aromatic heterocycles. The lowest BCUT2D eigenvalue weighted by Crippen LogP contribution is -2.67. The highest BCUT2D eigenvalue weighted by Gasteiger charge is 2.58. The Kier molecular flexibility index (Phi) is 21.3. The van der Waals surface area contributed by atoms with Crippen molar-refractivity contribution >= 4 is 47.7 Å². The fourth-order valence-electron chi connectivity index (χ4n) is 9.20. The van der Waals surface area contributed by atoms with Crippen LogP contribution in [0.1, 0.15) is 79.4 Å². The van der Waals surface area contributed by atoms with Crippen molar-refractivity contribution in [3.63, 3.8) is 0 Å². The van der Waals surface area contributed by atoms with Crippen molar-refractivity contribution in [3.05, 3.63) is 263 Å². The van der Waals surface area contributed by atoms with Crippen molar-refractivity contribution in [1.82, 2.24) is 5.32 Å². The number of esters is 7. The minimum absolute atomic E-state index is 0.00255. The van der Waals surface area contributed by atoms with Gasteiger partial charge in [-0.2, -0.15) is 0 Å². The van der Waals surface area contributed by atoms with Gasteiger partial charge in [0.1, 0.15) is 31.5 Å². The Labute approximate surface area is 499 Å². The van der Waals surface area contributed by atoms with Crippen molar-refractivity contribution < 1.29 is 90.5 Å². The van der Waals surface area contributed by atoms with E-state index in [9.17, 15) is 38.4 Å². The van der Waals surface area contributed by atoms with Crippen molar-refractivity contribution in [2.45, 2.75) is 68.3 Å². The van der Waals surface area contributed by atoms with Crippen LogP contribution in [0.4, 0.5) is 0 Å². The Bertz CT molecular complexity index is 3470. The van der Waals surface area contributed by atoms with Crippen LogP contribution in [0.2, 0.25) is 0 Å². The second-order valence-corrected chi connectivity index (χ2v) is 19.7. The first-order chi connectivity index (χ1) is 42.3. The fraction of sp³-hybridized carbons (Fsp3) is 0.224. The van der Waals surface area contributed by atoms with Crippen LogP contribution in [-0.4, -0.2) is 135 Å². The smallest absolute Gasteiger partial charge is 0.338 e. The average molecular weight is 1180 g/mol. The van der Waals surface area contributed by atoms with E-state index in [1.807, 2.05) is 0 Å². The van der Waals surface area contributed by atoms with Crippen LogP contribution in [0, 0.1) is 0 Å². The molecule has 1 N–H and O–H groups in total. The SMILES string of the molecule is C=C(C)C(=O)NCCO[C@@H]1O[C@H](COC(=O)c2ccccc2)[C@@H](O[C@@H]2O[C@H](COC(=O)c3ccccc3)[C@H](OC(=O)c3ccccc3)[C@H](OC(=O)c3ccccc3)[C@H]2OC(=O)c2ccccc2)[C@H](OC(=O)c2ccccc2)[C@H]1OC(=O)c1ccccc1. The van der Waals surface area contributed by atoms with Gasteiger partial charge in [-0.05, 0) is 91.9 Å². The van der Waals surface area contributed by atoms with Crippen LogP contribution in [0.15, 0.2) is 224 Å². The molecule has 0 radical (unpaired) electrons. The molecule has 87 heavy (non-hydrogen) atoms. The van der Waals surface area contributed by atoms with E-state index in [1.54, 1.807) is 127 Å². The summed E-state index contributed by atoms with van der Waals surface area (Å²) >= 11 is 0. The molecule has 10 atom stereocenters. The van der Waals surface area contributed by atoms with Crippen LogP contribution < -0.4 is 5.32 Å². The summed E-state index contributed by atoms with van der Waals surface area (Å²) in [7, 11) is 0. The maximum Gasteiger partial charge on any atom is 0.338 e. The van der Waals surface area contributed by atoms with Crippen molar-refractivity contribution in [1.29, 1.82) is 0 Å². The largest absolute Gasteiger partial charge is 0.459 e. The molecule has 2 fully saturated rings. The number of hydrogen-bond acceptors (Lipinski definition) is 19. The van der Waals surface area contributed by atoms with E-state index in [0.29, 0.717) is 0 Å². The second kappa shape index (κ2) is 30.1. The van der Waals surface area contributed by atoms with E-state index in [2.05, 4.69) is 11.9 Å². The summed E-state index contributed by atoms with van der Waals surface area (Å²) in [6, 6.07) is 54.3. The van der Waals surface area contributed by atoms with Gasteiger partial charge in [-0.15, -0.1) is 0 Å². The number of amides is 1. The quantitative estimate of drug-likeness (QED) is 0.0273. The van der Waals surface area contributed by atoms with Gasteiger partial charge in [-0.3, -0.25) is 4.79 Å². The van der Waals surface area contributed by atoms with Crippen LogP contribution in [-0.2, 0) is 56.9 Å². The maximum atomic E-state index is 14.7. The summed E-state index contributed by atoms with van der Waals surface area (Å²) in [5.41, 5.74) is 0.466. The zero-order valence-corrected chi connectivity index (χ0v) is 46.8. The third-order valence-corrected chi connectivity index (χ3v) is 13.6. The van der Waals surface area contributed by atoms with Gasteiger partial charge in [0.25, 0.3) is 0 Å². The third-order valence-electron chi connectivity index (χ3n) is 13.6. The van der Waals surface area contributed by atoms with E-state index < -0.39 is 122 Å². The summed E-state index contributed by atoms with van der Waals surface area (Å²) < 4.78 is 70.1. The van der Waals surface area contributed by atoms with E-state index in [4.69, 9.17) is 52.1 Å². The highest BCUT2D eigenvalue weighted by molar-refractivity contribution is 5.94. The molecular weight excluding hydrogens is 1120 g/mol. The van der Waals surface area contributed by atoms with Gasteiger partial charge in [-0.25, -0.2) is 33.6 Å². The third kappa shape index (κ3) is 16.4. The van der Waals surface area contributed by atoms with Crippen LogP contribution in [0.5, 0.6) is 0 Å². The number of ether oxygens (including phenoxy) is 11. The Balaban J connectivity index is 1.21. The zero-order chi connectivity index (χ0) is 61.1. The van der Waals surface area contributed by atoms with E-state index in [0.717, 1.165) is 0 Å². The molecule has 0 spiro atoms. The molecule has 2 aliphatic heterocycles. The molecule has 9 rings (SSSR count). The number of carbonyl (C=O) groups is 8. The summed E-state index contributed by atoms with van der Waals surface area (Å²) in [6.07, 6.45) is -18.6. The minimum atomic E-state index is -2.10. The van der Waals surface area contributed by atoms with Gasteiger partial charge >= 0.3 is 41.8 Å². The first-order valence-corrected chi connectivity index (χ1v) is 27.6. The fourth-order valence-corrected chi connectivity index (χ4v) is 9.20. The molecule has 2 heterocycles. The summed E-state index contributed by atoms with van der Waals surface area (Å²) in [4.78, 5) is 113. The standard InChI is InChI=1S/C67H59NO19/c1-42(2)58(69)68-38-39-77-66-56(85-64(75)48-34-20-8-21-35-48)55(84-63(74)47-32-18-7-19-33-47)53(51(80-66)41-79-60(71)44-26-12-4-13-27-44)87-67-57(86-65(76)49-36-22-9-23-37-49)54(83-62(73)46-30-16-6-17-31-46)52(82-61(72)45-28-14-5-15-29-45)50(81-67)40-78-59(70)43-24-10-3-11-25-43/h3-37,50-57,66-67H,1,38-41H2,2H3,(H,68,69)/t50-,51-,52+,53-,54+,55+,56-,57-,66-,67+/m1/s1. The van der Waals surface area contributed by atoms with Gasteiger partial charge in [0.15, 0.2) is 43.1 Å². The molecule has 1 amide bonds. The van der Waals surface area contributed by atoms with Crippen molar-refractivity contribution in [2.75, 3.05) is 26.4 Å². The first kappa shape index (κ1) is 61.4. The van der Waals surface area contributed by atoms with Gasteiger partial charge in [-0.1, -0.05) is 134 Å². The number of carbonyl (C=O) groups excluding carboxylic acids is 8. The van der Waals surface area contributed by atoms with Crippen molar-refractivity contribution in [2.24, 2.45) is 0 Å². The number of benzene rings is 7. The van der Waals surface area contributed by atoms with Gasteiger partial charge < -0.3 is 57.4 Å². The van der Waals surface area contributed by atoms with E-state index >= 15 is 0 Å². The average Bonchev–Trinajstić information content (AvgIpc) is 1.10. The van der Waals surface area contributed by atoms with Gasteiger partial charge in [0, 0.05) is 12.1 Å². The monoisotopic (exact) mass is 1180 g/mol. The molecule has 0 aliphatic carbocycles. The van der Waals surface area contributed by atoms with E-state index in [-0.39, 0.29) is 57.7 Å². The Morgan fingerprint density at radius 1 is 0.368 bits per heavy atom. The normalized spacial score (nSPS) is 21.3. The second-order valence-electron chi connectivity index (χ2n) is 19.7. The first-order valence-electron chi connectivity index (χ1n) is 27.6. The molecule has 0 saturated carbocycles. The molecule has 7 aromatic carbocycles. The lowest BCUT2D eigenvalue weighted by atomic mass is 9.95. The summed E-state index contributed by atoms with van der Waals surface area (Å²) in [5, 5.41) is 2.65. The predicted octanol–water partition coefficient (Wildman–Crippen LogP) is 8.37. The summed E-state index contributed by atoms with van der Waals surface area (Å²) in [5.74, 6) is -7.22. The molecular formula is C67H59NO19. The molecule has 0 bridgehead atoms. The molecule has 7 aromatic rings. The highest BCUT2D eigenvalue weighted by atomic mass is 16.8. The number of rotatable bonds is 23. The lowest BCUT2D eigenvalue weighted by Gasteiger charge is -2.48. The predicted molar refractivity (Wildman–Crippen MR) is 308 cm³/mol. The molecule has 0 unspecified atom stereocenters. The van der Waals surface area contributed by atoms with Gasteiger partial charge in [0.05, 0.1) is 45.6 Å². The number of hydrogen-bond donors (Lipinski definition) is 1.